The number of carbonyl (C=O) groups excluding carboxylic acids is 1. The van der Waals surface area contributed by atoms with Crippen LogP contribution >= 0.6 is 0 Å². The lowest BCUT2D eigenvalue weighted by atomic mass is 10.2. The van der Waals surface area contributed by atoms with Crippen molar-refractivity contribution in [1.82, 2.24) is 20.5 Å². The van der Waals surface area contributed by atoms with Crippen molar-refractivity contribution >= 4 is 11.6 Å². The highest BCUT2D eigenvalue weighted by atomic mass is 16.1. The van der Waals surface area contributed by atoms with Crippen molar-refractivity contribution < 1.29 is 4.79 Å². The molecule has 1 aromatic carbocycles. The number of hydrogen-bond donors (Lipinski definition) is 3. The van der Waals surface area contributed by atoms with E-state index in [1.165, 1.54) is 0 Å². The lowest BCUT2D eigenvalue weighted by Gasteiger charge is -2.03. The minimum Gasteiger partial charge on any atom is -0.399 e. The van der Waals surface area contributed by atoms with Crippen LogP contribution in [0.25, 0.3) is 0 Å². The maximum Gasteiger partial charge on any atom is 0.251 e. The van der Waals surface area contributed by atoms with Gasteiger partial charge in [-0.3, -0.25) is 9.89 Å². The van der Waals surface area contributed by atoms with Crippen LogP contribution in [-0.4, -0.2) is 21.1 Å². The minimum atomic E-state index is -0.149. The molecule has 2 aromatic rings. The molecule has 1 amide bonds. The lowest BCUT2D eigenvalue weighted by Crippen LogP contribution is -2.23. The van der Waals surface area contributed by atoms with Crippen LogP contribution in [0.15, 0.2) is 24.3 Å². The van der Waals surface area contributed by atoms with Gasteiger partial charge in [0.1, 0.15) is 5.82 Å². The summed E-state index contributed by atoms with van der Waals surface area (Å²) in [4.78, 5) is 16.2. The van der Waals surface area contributed by atoms with Crippen LogP contribution in [0.5, 0.6) is 0 Å². The van der Waals surface area contributed by atoms with E-state index in [1.54, 1.807) is 24.3 Å². The molecule has 1 fully saturated rings. The quantitative estimate of drug-likeness (QED) is 0.717. The third-order valence-corrected chi connectivity index (χ3v) is 3.08. The molecule has 1 heterocycles. The van der Waals surface area contributed by atoms with Gasteiger partial charge < -0.3 is 11.1 Å². The van der Waals surface area contributed by atoms with Gasteiger partial charge in [0.05, 0.1) is 6.54 Å². The van der Waals surface area contributed by atoms with Crippen molar-refractivity contribution in [3.05, 3.63) is 41.5 Å². The second kappa shape index (κ2) is 4.72. The summed E-state index contributed by atoms with van der Waals surface area (Å²) < 4.78 is 0. The van der Waals surface area contributed by atoms with E-state index in [9.17, 15) is 4.79 Å². The van der Waals surface area contributed by atoms with Crippen LogP contribution in [0.3, 0.4) is 0 Å². The Balaban J connectivity index is 1.58. The van der Waals surface area contributed by atoms with Crippen molar-refractivity contribution in [2.45, 2.75) is 25.3 Å². The molecule has 1 aliphatic rings. The van der Waals surface area contributed by atoms with Crippen molar-refractivity contribution in [3.63, 3.8) is 0 Å². The van der Waals surface area contributed by atoms with E-state index < -0.39 is 0 Å². The monoisotopic (exact) mass is 257 g/mol. The molecule has 0 spiro atoms. The number of nitrogens with two attached hydrogens (primary N) is 1. The number of carbonyl (C=O) groups is 1. The number of nitrogens with zero attached hydrogens (tertiary/aromatic N) is 2. The number of nitrogen functional groups attached to an aromatic ring is 1. The first kappa shape index (κ1) is 11.7. The molecule has 1 aliphatic carbocycles. The van der Waals surface area contributed by atoms with Gasteiger partial charge in [-0.05, 0) is 37.1 Å². The molecule has 0 unspecified atom stereocenters. The molecule has 1 aromatic heterocycles. The molecule has 4 N–H and O–H groups in total. The summed E-state index contributed by atoms with van der Waals surface area (Å²) in [6.45, 7) is 0.350. The average Bonchev–Trinajstić information content (AvgIpc) is 3.16. The van der Waals surface area contributed by atoms with Crippen molar-refractivity contribution in [2.24, 2.45) is 0 Å². The minimum absolute atomic E-state index is 0.149. The summed E-state index contributed by atoms with van der Waals surface area (Å²) in [5, 5.41) is 9.78. The van der Waals surface area contributed by atoms with E-state index in [0.29, 0.717) is 29.5 Å². The molecule has 0 atom stereocenters. The second-order valence-corrected chi connectivity index (χ2v) is 4.72. The van der Waals surface area contributed by atoms with E-state index >= 15 is 0 Å². The Labute approximate surface area is 110 Å². The highest BCUT2D eigenvalue weighted by Gasteiger charge is 2.27. The third kappa shape index (κ3) is 2.73. The van der Waals surface area contributed by atoms with Gasteiger partial charge in [0, 0.05) is 17.2 Å². The highest BCUT2D eigenvalue weighted by Crippen LogP contribution is 2.37. The first-order valence-corrected chi connectivity index (χ1v) is 6.27. The standard InChI is InChI=1S/C13H15N5O/c14-10-5-3-9(4-6-10)13(19)15-7-11-16-12(18-17-11)8-1-2-8/h3-6,8H,1-2,7,14H2,(H,15,19)(H,16,17,18). The largest absolute Gasteiger partial charge is 0.399 e. The number of hydrogen-bond acceptors (Lipinski definition) is 4. The Morgan fingerprint density at radius 1 is 1.37 bits per heavy atom. The fraction of sp³-hybridized carbons (Fsp3) is 0.308. The summed E-state index contributed by atoms with van der Waals surface area (Å²) in [6, 6.07) is 6.80. The second-order valence-electron chi connectivity index (χ2n) is 4.72. The maximum atomic E-state index is 11.9. The number of H-pyrrole nitrogens is 1. The van der Waals surface area contributed by atoms with Crippen molar-refractivity contribution in [2.75, 3.05) is 5.73 Å². The number of aromatic amines is 1. The van der Waals surface area contributed by atoms with E-state index in [2.05, 4.69) is 20.5 Å². The molecule has 0 saturated heterocycles. The third-order valence-electron chi connectivity index (χ3n) is 3.08. The van der Waals surface area contributed by atoms with Gasteiger partial charge in [0.15, 0.2) is 5.82 Å². The van der Waals surface area contributed by atoms with Crippen LogP contribution in [0, 0.1) is 0 Å². The first-order chi connectivity index (χ1) is 9.22. The summed E-state index contributed by atoms with van der Waals surface area (Å²) in [7, 11) is 0. The molecule has 1 saturated carbocycles. The van der Waals surface area contributed by atoms with Crippen LogP contribution in [-0.2, 0) is 6.54 Å². The predicted molar refractivity (Wildman–Crippen MR) is 70.4 cm³/mol. The molecule has 6 heteroatoms. The van der Waals surface area contributed by atoms with Gasteiger partial charge in [-0.25, -0.2) is 4.98 Å². The lowest BCUT2D eigenvalue weighted by molar-refractivity contribution is 0.0950. The normalized spacial score (nSPS) is 14.3. The van der Waals surface area contributed by atoms with E-state index in [4.69, 9.17) is 5.73 Å². The molecule has 6 nitrogen and oxygen atoms in total. The number of nitrogens with one attached hydrogen (secondary N) is 2. The van der Waals surface area contributed by atoms with Crippen LogP contribution < -0.4 is 11.1 Å². The Hall–Kier alpha value is -2.37. The SMILES string of the molecule is Nc1ccc(C(=O)NCc2nc(C3CC3)n[nH]2)cc1. The van der Waals surface area contributed by atoms with Crippen LogP contribution in [0.1, 0.15) is 40.8 Å². The van der Waals surface area contributed by atoms with Crippen LogP contribution in [0.2, 0.25) is 0 Å². The molecule has 0 aliphatic heterocycles. The van der Waals surface area contributed by atoms with Crippen molar-refractivity contribution in [3.8, 4) is 0 Å². The molecular weight excluding hydrogens is 242 g/mol. The fourth-order valence-electron chi connectivity index (χ4n) is 1.81. The van der Waals surface area contributed by atoms with Gasteiger partial charge in [-0.1, -0.05) is 0 Å². The number of aromatic nitrogens is 3. The van der Waals surface area contributed by atoms with Gasteiger partial charge >= 0.3 is 0 Å². The number of anilines is 1. The Morgan fingerprint density at radius 2 is 2.11 bits per heavy atom. The molecule has 0 radical (unpaired) electrons. The van der Waals surface area contributed by atoms with E-state index in [1.807, 2.05) is 0 Å². The summed E-state index contributed by atoms with van der Waals surface area (Å²) in [5.41, 5.74) is 6.79. The number of benzene rings is 1. The number of rotatable bonds is 4. The predicted octanol–water partition coefficient (Wildman–Crippen LogP) is 1.19. The zero-order valence-electron chi connectivity index (χ0n) is 10.4. The van der Waals surface area contributed by atoms with Gasteiger partial charge in [0.25, 0.3) is 5.91 Å². The summed E-state index contributed by atoms with van der Waals surface area (Å²) in [5.74, 6) is 1.91. The van der Waals surface area contributed by atoms with Gasteiger partial charge in [-0.2, -0.15) is 5.10 Å². The Bertz CT molecular complexity index is 585. The van der Waals surface area contributed by atoms with E-state index in [0.717, 1.165) is 18.7 Å². The van der Waals surface area contributed by atoms with Gasteiger partial charge in [-0.15, -0.1) is 0 Å². The van der Waals surface area contributed by atoms with Crippen LogP contribution in [0.4, 0.5) is 5.69 Å². The van der Waals surface area contributed by atoms with Crippen molar-refractivity contribution in [1.29, 1.82) is 0 Å². The Morgan fingerprint density at radius 3 is 2.79 bits per heavy atom. The topological polar surface area (TPSA) is 96.7 Å². The Kier molecular flexibility index (Phi) is 2.91. The smallest absolute Gasteiger partial charge is 0.251 e. The summed E-state index contributed by atoms with van der Waals surface area (Å²) in [6.07, 6.45) is 2.32. The highest BCUT2D eigenvalue weighted by molar-refractivity contribution is 5.94. The van der Waals surface area contributed by atoms with Gasteiger partial charge in [0.2, 0.25) is 0 Å². The molecule has 0 bridgehead atoms. The first-order valence-electron chi connectivity index (χ1n) is 6.27. The number of amides is 1. The molecule has 19 heavy (non-hydrogen) atoms. The zero-order chi connectivity index (χ0) is 13.2. The average molecular weight is 257 g/mol. The van der Waals surface area contributed by atoms with E-state index in [-0.39, 0.29) is 5.91 Å². The molecule has 3 rings (SSSR count). The zero-order valence-corrected chi connectivity index (χ0v) is 10.4. The maximum absolute atomic E-state index is 11.9. The fourth-order valence-corrected chi connectivity index (χ4v) is 1.81. The molecular formula is C13H15N5O. The summed E-state index contributed by atoms with van der Waals surface area (Å²) >= 11 is 0. The molecule has 98 valence electrons.